The van der Waals surface area contributed by atoms with Crippen molar-refractivity contribution < 1.29 is 9.59 Å². The molecule has 7 heteroatoms. The van der Waals surface area contributed by atoms with Gasteiger partial charge in [0.1, 0.15) is 0 Å². The Morgan fingerprint density at radius 3 is 2.59 bits per heavy atom. The fourth-order valence-corrected chi connectivity index (χ4v) is 4.19. The third-order valence-corrected chi connectivity index (χ3v) is 5.49. The summed E-state index contributed by atoms with van der Waals surface area (Å²) in [6.45, 7) is 4.30. The third kappa shape index (κ3) is 1.83. The van der Waals surface area contributed by atoms with Crippen LogP contribution >= 0.6 is 10.5 Å². The van der Waals surface area contributed by atoms with Crippen molar-refractivity contribution in [2.75, 3.05) is 11.9 Å². The first-order valence-corrected chi connectivity index (χ1v) is 8.05. The average molecular weight is 317 g/mol. The van der Waals surface area contributed by atoms with Gasteiger partial charge in [-0.05, 0) is 31.0 Å². The minimum absolute atomic E-state index is 0.0986. The Morgan fingerprint density at radius 2 is 2.00 bits per heavy atom. The van der Waals surface area contributed by atoms with Gasteiger partial charge in [-0.3, -0.25) is 14.3 Å². The molecule has 1 unspecified atom stereocenters. The van der Waals surface area contributed by atoms with Crippen LogP contribution in [0.25, 0.3) is 11.1 Å². The summed E-state index contributed by atoms with van der Waals surface area (Å²) in [6, 6.07) is 3.54. The lowest BCUT2D eigenvalue weighted by atomic mass is 10.0. The summed E-state index contributed by atoms with van der Waals surface area (Å²) in [6.07, 6.45) is 1.67. The molecule has 1 aromatic carbocycles. The maximum Gasteiger partial charge on any atom is 0.294 e. The Kier molecular flexibility index (Phi) is 3.39. The second-order valence-corrected chi connectivity index (χ2v) is 6.60. The molecule has 6 nitrogen and oxygen atoms in total. The number of nitrogens with zero attached hydrogens (tertiary/aromatic N) is 2. The summed E-state index contributed by atoms with van der Waals surface area (Å²) in [5.74, 6) is 0. The van der Waals surface area contributed by atoms with Gasteiger partial charge in [-0.25, -0.2) is 4.79 Å². The van der Waals surface area contributed by atoms with Crippen LogP contribution in [0.5, 0.6) is 0 Å². The fourth-order valence-electron chi connectivity index (χ4n) is 2.79. The van der Waals surface area contributed by atoms with Crippen LogP contribution in [0.15, 0.2) is 28.0 Å². The van der Waals surface area contributed by atoms with Crippen LogP contribution < -0.4 is 10.5 Å². The summed E-state index contributed by atoms with van der Waals surface area (Å²) in [4.78, 5) is 37.6. The van der Waals surface area contributed by atoms with E-state index in [1.165, 1.54) is 9.58 Å². The molecule has 0 spiro atoms. The van der Waals surface area contributed by atoms with Crippen LogP contribution in [0.3, 0.4) is 0 Å². The van der Waals surface area contributed by atoms with Gasteiger partial charge in [-0.1, -0.05) is 6.07 Å². The number of amides is 1. The summed E-state index contributed by atoms with van der Waals surface area (Å²) >= 11 is 0. The number of aryl methyl sites for hydroxylation is 1. The van der Waals surface area contributed by atoms with E-state index in [1.54, 1.807) is 25.4 Å². The van der Waals surface area contributed by atoms with Gasteiger partial charge in [0, 0.05) is 35.2 Å². The molecule has 0 bridgehead atoms. The largest absolute Gasteiger partial charge is 0.304 e. The van der Waals surface area contributed by atoms with Crippen LogP contribution in [-0.2, 0) is 11.3 Å². The number of H-pyrrole nitrogens is 1. The Bertz CT molecular complexity index is 903. The average Bonchev–Trinajstić information content (AvgIpc) is 2.99. The van der Waals surface area contributed by atoms with Crippen LogP contribution in [0.2, 0.25) is 0 Å². The van der Waals surface area contributed by atoms with Gasteiger partial charge < -0.3 is 10.00 Å². The summed E-state index contributed by atoms with van der Waals surface area (Å²) in [7, 11) is 0.472. The zero-order chi connectivity index (χ0) is 16.0. The predicted molar refractivity (Wildman–Crippen MR) is 86.2 cm³/mol. The first-order chi connectivity index (χ1) is 10.5. The van der Waals surface area contributed by atoms with Crippen molar-refractivity contribution >= 4 is 26.6 Å². The van der Waals surface area contributed by atoms with Crippen molar-refractivity contribution in [1.29, 1.82) is 0 Å². The van der Waals surface area contributed by atoms with E-state index < -0.39 is 10.5 Å². The number of hydrogen-bond donors (Lipinski definition) is 1. The normalized spacial score (nSPS) is 16.8. The van der Waals surface area contributed by atoms with Crippen molar-refractivity contribution in [2.45, 2.75) is 25.3 Å². The van der Waals surface area contributed by atoms with Gasteiger partial charge in [0.25, 0.3) is 10.8 Å². The quantitative estimate of drug-likeness (QED) is 0.864. The number of carbonyl (C=O) groups is 1. The molecule has 0 radical (unpaired) electrons. The van der Waals surface area contributed by atoms with Gasteiger partial charge in [-0.2, -0.15) is 0 Å². The number of aromatic amines is 1. The second kappa shape index (κ2) is 5.12. The minimum atomic E-state index is -1.17. The van der Waals surface area contributed by atoms with E-state index in [1.807, 2.05) is 19.1 Å². The van der Waals surface area contributed by atoms with Crippen molar-refractivity contribution in [1.82, 2.24) is 9.78 Å². The molecule has 114 valence electrons. The highest BCUT2D eigenvalue weighted by Gasteiger charge is 2.32. The van der Waals surface area contributed by atoms with Crippen molar-refractivity contribution in [3.8, 4) is 11.1 Å². The predicted octanol–water partition coefficient (Wildman–Crippen LogP) is 2.44. The molecule has 0 saturated carbocycles. The molecular weight excluding hydrogens is 302 g/mol. The van der Waals surface area contributed by atoms with Crippen molar-refractivity contribution in [3.63, 3.8) is 0 Å². The van der Waals surface area contributed by atoms with E-state index in [9.17, 15) is 14.4 Å². The Morgan fingerprint density at radius 1 is 1.27 bits per heavy atom. The zero-order valence-corrected chi connectivity index (χ0v) is 13.3. The van der Waals surface area contributed by atoms with E-state index in [2.05, 4.69) is 5.10 Å². The van der Waals surface area contributed by atoms with Gasteiger partial charge in [0.05, 0.1) is 11.3 Å². The number of benzene rings is 1. The molecule has 22 heavy (non-hydrogen) atoms. The van der Waals surface area contributed by atoms with Crippen LogP contribution in [0.4, 0.5) is 10.5 Å². The van der Waals surface area contributed by atoms with E-state index in [4.69, 9.17) is 0 Å². The molecule has 0 fully saturated rings. The molecule has 3 rings (SSSR count). The zero-order valence-electron chi connectivity index (χ0n) is 12.5. The number of nitrogens with one attached hydrogen (secondary N) is 1. The van der Waals surface area contributed by atoms with E-state index in [0.29, 0.717) is 22.7 Å². The number of rotatable bonds is 2. The molecule has 1 amide bonds. The lowest BCUT2D eigenvalue weighted by molar-refractivity contribution is 0.266. The van der Waals surface area contributed by atoms with E-state index in [0.717, 1.165) is 11.1 Å². The second-order valence-electron chi connectivity index (χ2n) is 5.04. The van der Waals surface area contributed by atoms with Gasteiger partial charge >= 0.3 is 0 Å². The molecule has 1 atom stereocenters. The van der Waals surface area contributed by atoms with E-state index >= 15 is 0 Å². The van der Waals surface area contributed by atoms with Crippen molar-refractivity contribution in [3.05, 3.63) is 34.2 Å². The Balaban J connectivity index is 2.27. The molecule has 1 N–H and O–H groups in total. The Labute approximate surface area is 129 Å². The maximum atomic E-state index is 12.3. The maximum absolute atomic E-state index is 12.3. The molecule has 1 aromatic heterocycles. The summed E-state index contributed by atoms with van der Waals surface area (Å²) < 4.78 is 1.51. The number of fused-ring (bicyclic) bond motifs is 1. The SMILES string of the molecule is CCn1[nH]cc(-c2ccc3c(c2C)N(C)C(=O)S3=C=O)c1=O. The molecular formula is C15H15N3O3S. The summed E-state index contributed by atoms with van der Waals surface area (Å²) in [5, 5.41) is 4.49. The minimum Gasteiger partial charge on any atom is -0.304 e. The molecule has 0 saturated heterocycles. The molecule has 2 aromatic rings. The highest BCUT2D eigenvalue weighted by atomic mass is 32.2. The molecule has 0 aliphatic carbocycles. The number of carbonyl (C=O) groups excluding carboxylic acids is 2. The first kappa shape index (κ1) is 14.6. The summed E-state index contributed by atoms with van der Waals surface area (Å²) in [5.41, 5.74) is 2.75. The highest BCUT2D eigenvalue weighted by molar-refractivity contribution is 8.28. The van der Waals surface area contributed by atoms with E-state index in [-0.39, 0.29) is 10.8 Å². The Hall–Kier alpha value is -2.37. The third-order valence-electron chi connectivity index (χ3n) is 3.93. The number of anilines is 1. The number of aromatic nitrogens is 2. The molecule has 2 heterocycles. The van der Waals surface area contributed by atoms with Crippen LogP contribution in [-0.4, -0.2) is 27.3 Å². The van der Waals surface area contributed by atoms with Gasteiger partial charge in [-0.15, -0.1) is 0 Å². The van der Waals surface area contributed by atoms with Crippen LogP contribution in [0, 0.1) is 6.92 Å². The number of hydrogen-bond acceptors (Lipinski definition) is 3. The topological polar surface area (TPSA) is 75.2 Å². The fraction of sp³-hybridized carbons (Fsp3) is 0.267. The monoisotopic (exact) mass is 317 g/mol. The van der Waals surface area contributed by atoms with Gasteiger partial charge in [0.2, 0.25) is 0 Å². The highest BCUT2D eigenvalue weighted by Crippen LogP contribution is 2.47. The molecule has 1 aliphatic heterocycles. The van der Waals surface area contributed by atoms with Crippen LogP contribution in [0.1, 0.15) is 12.5 Å². The smallest absolute Gasteiger partial charge is 0.294 e. The van der Waals surface area contributed by atoms with Crippen molar-refractivity contribution in [2.24, 2.45) is 0 Å². The lowest BCUT2D eigenvalue weighted by Crippen LogP contribution is -2.19. The van der Waals surface area contributed by atoms with Gasteiger partial charge in [0.15, 0.2) is 5.23 Å². The first-order valence-electron chi connectivity index (χ1n) is 6.83. The molecule has 1 aliphatic rings. The lowest BCUT2D eigenvalue weighted by Gasteiger charge is -2.14. The standard InChI is InChI=1S/C15H15N3O3S/c1-4-18-14(20)11(7-16-18)10-5-6-12-13(9(10)2)17(3)15(21)22(12)8-19/h5-7,16H,4H2,1-3H3.